The molecule has 0 aliphatic rings. The second-order valence-electron chi connectivity index (χ2n) is 5.60. The van der Waals surface area contributed by atoms with E-state index in [4.69, 9.17) is 23.2 Å². The second kappa shape index (κ2) is 8.17. The molecule has 132 valence electrons. The Morgan fingerprint density at radius 2 is 1.81 bits per heavy atom. The van der Waals surface area contributed by atoms with Gasteiger partial charge in [-0.3, -0.25) is 4.79 Å². The number of halogens is 2. The van der Waals surface area contributed by atoms with E-state index in [0.29, 0.717) is 15.7 Å². The van der Waals surface area contributed by atoms with Gasteiger partial charge in [0.15, 0.2) is 0 Å². The largest absolute Gasteiger partial charge is 0.344 e. The quantitative estimate of drug-likeness (QED) is 0.645. The predicted octanol–water partition coefficient (Wildman–Crippen LogP) is 5.02. The number of hydrogen-bond donors (Lipinski definition) is 2. The van der Waals surface area contributed by atoms with Crippen LogP contribution in [0.2, 0.25) is 10.0 Å². The van der Waals surface area contributed by atoms with Crippen LogP contribution in [0.5, 0.6) is 0 Å². The number of nitrogens with zero attached hydrogens (tertiary/aromatic N) is 2. The van der Waals surface area contributed by atoms with Crippen LogP contribution in [0.4, 0.5) is 11.6 Å². The first-order valence-corrected chi connectivity index (χ1v) is 8.70. The molecule has 0 bridgehead atoms. The molecule has 1 unspecified atom stereocenters. The Labute approximate surface area is 161 Å². The summed E-state index contributed by atoms with van der Waals surface area (Å²) in [6, 6.07) is 16.3. The number of rotatable bonds is 5. The zero-order valence-corrected chi connectivity index (χ0v) is 15.4. The highest BCUT2D eigenvalue weighted by Gasteiger charge is 2.14. The van der Waals surface area contributed by atoms with Crippen LogP contribution in [0.1, 0.15) is 29.0 Å². The predicted molar refractivity (Wildman–Crippen MR) is 104 cm³/mol. The number of carbonyl (C=O) groups excluding carboxylic acids is 1. The second-order valence-corrected chi connectivity index (χ2v) is 6.38. The first-order valence-electron chi connectivity index (χ1n) is 7.94. The van der Waals surface area contributed by atoms with Crippen molar-refractivity contribution in [3.63, 3.8) is 0 Å². The molecule has 0 spiro atoms. The van der Waals surface area contributed by atoms with Crippen molar-refractivity contribution in [3.05, 3.63) is 82.1 Å². The molecule has 2 N–H and O–H groups in total. The van der Waals surface area contributed by atoms with Gasteiger partial charge in [-0.2, -0.15) is 0 Å². The lowest BCUT2D eigenvalue weighted by Crippen LogP contribution is -2.27. The fourth-order valence-electron chi connectivity index (χ4n) is 2.36. The summed E-state index contributed by atoms with van der Waals surface area (Å²) in [4.78, 5) is 20.8. The van der Waals surface area contributed by atoms with Crippen LogP contribution >= 0.6 is 23.2 Å². The Balaban J connectivity index is 1.74. The van der Waals surface area contributed by atoms with Gasteiger partial charge in [0.1, 0.15) is 5.69 Å². The molecule has 1 atom stereocenters. The number of aromatic nitrogens is 2. The third-order valence-corrected chi connectivity index (χ3v) is 4.55. The molecule has 0 saturated carbocycles. The number of amides is 1. The van der Waals surface area contributed by atoms with Crippen LogP contribution in [0.25, 0.3) is 0 Å². The summed E-state index contributed by atoms with van der Waals surface area (Å²) in [5.41, 5.74) is 1.83. The van der Waals surface area contributed by atoms with Crippen LogP contribution in [0.3, 0.4) is 0 Å². The minimum Gasteiger partial charge on any atom is -0.344 e. The number of benzene rings is 2. The molecule has 1 amide bonds. The lowest BCUT2D eigenvalue weighted by Gasteiger charge is -2.14. The van der Waals surface area contributed by atoms with Gasteiger partial charge in [0.05, 0.1) is 21.8 Å². The van der Waals surface area contributed by atoms with E-state index < -0.39 is 0 Å². The molecule has 3 rings (SSSR count). The van der Waals surface area contributed by atoms with Gasteiger partial charge in [-0.1, -0.05) is 59.6 Å². The van der Waals surface area contributed by atoms with Gasteiger partial charge < -0.3 is 10.6 Å². The molecular formula is C19H16Cl2N4O. The fourth-order valence-corrected chi connectivity index (χ4v) is 2.71. The highest BCUT2D eigenvalue weighted by Crippen LogP contribution is 2.30. The Morgan fingerprint density at radius 3 is 2.58 bits per heavy atom. The van der Waals surface area contributed by atoms with Crippen molar-refractivity contribution in [3.8, 4) is 0 Å². The third-order valence-electron chi connectivity index (χ3n) is 3.73. The number of hydrogen-bond acceptors (Lipinski definition) is 4. The highest BCUT2D eigenvalue weighted by molar-refractivity contribution is 6.43. The monoisotopic (exact) mass is 386 g/mol. The zero-order valence-electron chi connectivity index (χ0n) is 13.9. The van der Waals surface area contributed by atoms with Crippen LogP contribution < -0.4 is 10.6 Å². The molecule has 26 heavy (non-hydrogen) atoms. The van der Waals surface area contributed by atoms with Crippen molar-refractivity contribution >= 4 is 40.7 Å². The summed E-state index contributed by atoms with van der Waals surface area (Å²) < 4.78 is 0. The van der Waals surface area contributed by atoms with Gasteiger partial charge in [0, 0.05) is 6.20 Å². The molecule has 0 fully saturated rings. The van der Waals surface area contributed by atoms with E-state index in [-0.39, 0.29) is 23.6 Å². The molecule has 0 aliphatic heterocycles. The Bertz CT molecular complexity index is 918. The Morgan fingerprint density at radius 1 is 1.04 bits per heavy atom. The first-order chi connectivity index (χ1) is 12.5. The van der Waals surface area contributed by atoms with E-state index in [0.717, 1.165) is 5.56 Å². The van der Waals surface area contributed by atoms with E-state index in [2.05, 4.69) is 20.6 Å². The minimum absolute atomic E-state index is 0.141. The standard InChI is InChI=1S/C19H16Cl2N4O/c1-12(13-6-3-2-4-7-13)23-18(26)16-10-11-22-19(25-16)24-15-9-5-8-14(20)17(15)21/h2-12H,1H3,(H,23,26)(H,22,24,25). The normalized spacial score (nSPS) is 11.7. The SMILES string of the molecule is CC(NC(=O)c1ccnc(Nc2cccc(Cl)c2Cl)n1)c1ccccc1. The summed E-state index contributed by atoms with van der Waals surface area (Å²) in [6.07, 6.45) is 1.51. The van der Waals surface area contributed by atoms with E-state index in [9.17, 15) is 4.79 Å². The number of anilines is 2. The maximum Gasteiger partial charge on any atom is 0.270 e. The van der Waals surface area contributed by atoms with Crippen LogP contribution in [0, 0.1) is 0 Å². The number of nitrogens with one attached hydrogen (secondary N) is 2. The van der Waals surface area contributed by atoms with Crippen molar-refractivity contribution in [2.75, 3.05) is 5.32 Å². The molecule has 0 radical (unpaired) electrons. The third kappa shape index (κ3) is 4.31. The average Bonchev–Trinajstić information content (AvgIpc) is 2.66. The van der Waals surface area contributed by atoms with Gasteiger partial charge >= 0.3 is 0 Å². The minimum atomic E-state index is -0.288. The molecular weight excluding hydrogens is 371 g/mol. The Kier molecular flexibility index (Phi) is 5.71. The molecule has 3 aromatic rings. The van der Waals surface area contributed by atoms with Gasteiger partial charge in [0.25, 0.3) is 5.91 Å². The van der Waals surface area contributed by atoms with Crippen molar-refractivity contribution in [1.29, 1.82) is 0 Å². The summed E-state index contributed by atoms with van der Waals surface area (Å²) in [5, 5.41) is 6.68. The lowest BCUT2D eigenvalue weighted by atomic mass is 10.1. The fraction of sp³-hybridized carbons (Fsp3) is 0.105. The smallest absolute Gasteiger partial charge is 0.270 e. The molecule has 7 heteroatoms. The molecule has 0 saturated heterocycles. The lowest BCUT2D eigenvalue weighted by molar-refractivity contribution is 0.0935. The molecule has 1 heterocycles. The van der Waals surface area contributed by atoms with Crippen LogP contribution in [-0.4, -0.2) is 15.9 Å². The van der Waals surface area contributed by atoms with E-state index in [1.165, 1.54) is 6.20 Å². The average molecular weight is 387 g/mol. The van der Waals surface area contributed by atoms with Crippen molar-refractivity contribution < 1.29 is 4.79 Å². The topological polar surface area (TPSA) is 66.9 Å². The molecule has 5 nitrogen and oxygen atoms in total. The Hall–Kier alpha value is -2.63. The van der Waals surface area contributed by atoms with E-state index >= 15 is 0 Å². The summed E-state index contributed by atoms with van der Waals surface area (Å²) in [5.74, 6) is -0.0295. The molecule has 2 aromatic carbocycles. The van der Waals surface area contributed by atoms with Gasteiger partial charge in [-0.25, -0.2) is 9.97 Å². The van der Waals surface area contributed by atoms with E-state index in [1.807, 2.05) is 37.3 Å². The van der Waals surface area contributed by atoms with Gasteiger partial charge in [0.2, 0.25) is 5.95 Å². The first kappa shape index (κ1) is 18.2. The summed E-state index contributed by atoms with van der Waals surface area (Å²) >= 11 is 12.2. The van der Waals surface area contributed by atoms with Crippen molar-refractivity contribution in [2.45, 2.75) is 13.0 Å². The maximum absolute atomic E-state index is 12.5. The van der Waals surface area contributed by atoms with Crippen LogP contribution in [0.15, 0.2) is 60.8 Å². The van der Waals surface area contributed by atoms with E-state index in [1.54, 1.807) is 24.3 Å². The highest BCUT2D eigenvalue weighted by atomic mass is 35.5. The van der Waals surface area contributed by atoms with Crippen molar-refractivity contribution in [2.24, 2.45) is 0 Å². The summed E-state index contributed by atoms with van der Waals surface area (Å²) in [6.45, 7) is 1.92. The molecule has 1 aromatic heterocycles. The van der Waals surface area contributed by atoms with Crippen molar-refractivity contribution in [1.82, 2.24) is 15.3 Å². The molecule has 0 aliphatic carbocycles. The van der Waals surface area contributed by atoms with Gasteiger partial charge in [-0.05, 0) is 30.7 Å². The van der Waals surface area contributed by atoms with Crippen LogP contribution in [-0.2, 0) is 0 Å². The summed E-state index contributed by atoms with van der Waals surface area (Å²) in [7, 11) is 0. The maximum atomic E-state index is 12.5. The number of carbonyl (C=O) groups is 1. The zero-order chi connectivity index (χ0) is 18.5. The van der Waals surface area contributed by atoms with Gasteiger partial charge in [-0.15, -0.1) is 0 Å².